The van der Waals surface area contributed by atoms with E-state index >= 15 is 0 Å². The number of hydrogen-bond acceptors (Lipinski definition) is 5. The zero-order valence-corrected chi connectivity index (χ0v) is 17.0. The Labute approximate surface area is 160 Å². The number of aryl methyl sites for hydroxylation is 1. The SMILES string of the molecule is CN(C)c1ccc2cc3ccc(N(C)C)cc3[n+](CCCS(=O)(=O)[O-])c2c1. The van der Waals surface area contributed by atoms with Gasteiger partial charge in [0.1, 0.15) is 0 Å². The van der Waals surface area contributed by atoms with Crippen LogP contribution in [-0.4, -0.2) is 46.9 Å². The second-order valence-corrected chi connectivity index (χ2v) is 8.71. The number of benzene rings is 2. The van der Waals surface area contributed by atoms with Crippen LogP contribution in [-0.2, 0) is 16.7 Å². The van der Waals surface area contributed by atoms with Crippen LogP contribution >= 0.6 is 0 Å². The molecule has 0 saturated heterocycles. The molecule has 1 aromatic heterocycles. The Morgan fingerprint density at radius 1 is 0.852 bits per heavy atom. The van der Waals surface area contributed by atoms with E-state index in [-0.39, 0.29) is 12.2 Å². The quantitative estimate of drug-likeness (QED) is 0.369. The molecule has 1 heterocycles. The fourth-order valence-corrected chi connectivity index (χ4v) is 3.75. The van der Waals surface area contributed by atoms with Crippen molar-refractivity contribution in [3.8, 4) is 0 Å². The summed E-state index contributed by atoms with van der Waals surface area (Å²) in [6.07, 6.45) is 0.281. The molecule has 0 atom stereocenters. The molecule has 0 aliphatic rings. The molecular formula is C20H25N3O3S. The number of anilines is 2. The average Bonchev–Trinajstić information content (AvgIpc) is 2.59. The van der Waals surface area contributed by atoms with Gasteiger partial charge in [-0.25, -0.2) is 8.42 Å². The predicted octanol–water partition coefficient (Wildman–Crippen LogP) is 2.35. The van der Waals surface area contributed by atoms with Crippen molar-refractivity contribution in [1.82, 2.24) is 0 Å². The average molecular weight is 388 g/mol. The first-order chi connectivity index (χ1) is 12.7. The Hall–Kier alpha value is -2.38. The molecule has 0 aliphatic heterocycles. The van der Waals surface area contributed by atoms with E-state index in [2.05, 4.69) is 47.0 Å². The van der Waals surface area contributed by atoms with Crippen LogP contribution in [0.3, 0.4) is 0 Å². The van der Waals surface area contributed by atoms with Gasteiger partial charge in [-0.2, -0.15) is 4.57 Å². The summed E-state index contributed by atoms with van der Waals surface area (Å²) in [7, 11) is 3.72. The minimum Gasteiger partial charge on any atom is -0.748 e. The maximum absolute atomic E-state index is 11.1. The van der Waals surface area contributed by atoms with Crippen LogP contribution in [0.4, 0.5) is 11.4 Å². The summed E-state index contributed by atoms with van der Waals surface area (Å²) in [5.74, 6) is -0.362. The van der Waals surface area contributed by atoms with E-state index in [0.717, 1.165) is 33.2 Å². The van der Waals surface area contributed by atoms with Crippen LogP contribution in [0.1, 0.15) is 6.42 Å². The van der Waals surface area contributed by atoms with E-state index in [4.69, 9.17) is 0 Å². The molecule has 144 valence electrons. The van der Waals surface area contributed by atoms with Gasteiger partial charge in [0.05, 0.1) is 10.1 Å². The fourth-order valence-electron chi connectivity index (χ4n) is 3.27. The topological polar surface area (TPSA) is 67.6 Å². The first-order valence-electron chi connectivity index (χ1n) is 8.84. The van der Waals surface area contributed by atoms with Gasteiger partial charge in [-0.15, -0.1) is 0 Å². The second kappa shape index (κ2) is 7.32. The zero-order chi connectivity index (χ0) is 19.8. The highest BCUT2D eigenvalue weighted by molar-refractivity contribution is 7.85. The van der Waals surface area contributed by atoms with Crippen LogP contribution in [0.25, 0.3) is 21.8 Å². The Morgan fingerprint density at radius 3 is 1.74 bits per heavy atom. The first kappa shape index (κ1) is 19.4. The predicted molar refractivity (Wildman–Crippen MR) is 109 cm³/mol. The van der Waals surface area contributed by atoms with E-state index in [1.165, 1.54) is 0 Å². The summed E-state index contributed by atoms with van der Waals surface area (Å²) in [6, 6.07) is 14.6. The minimum absolute atomic E-state index is 0.281. The largest absolute Gasteiger partial charge is 0.748 e. The molecule has 0 amide bonds. The van der Waals surface area contributed by atoms with Gasteiger partial charge in [-0.05, 0) is 30.3 Å². The van der Waals surface area contributed by atoms with Crippen LogP contribution in [0.2, 0.25) is 0 Å². The van der Waals surface area contributed by atoms with Gasteiger partial charge in [0, 0.05) is 74.6 Å². The Balaban J connectivity index is 2.23. The molecule has 0 aliphatic carbocycles. The van der Waals surface area contributed by atoms with E-state index in [1.54, 1.807) is 0 Å². The van der Waals surface area contributed by atoms with Crippen molar-refractivity contribution in [2.45, 2.75) is 13.0 Å². The standard InChI is InChI=1S/C20H25N3O3S/c1-21(2)17-8-6-15-12-16-7-9-18(22(3)4)14-20(16)23(19(15)13-17)10-5-11-27(24,25)26/h6-9,12-14H,5,10-11H2,1-4H3. The second-order valence-electron chi connectivity index (χ2n) is 7.19. The fraction of sp³-hybridized carbons (Fsp3) is 0.350. The number of nitrogens with zero attached hydrogens (tertiary/aromatic N) is 3. The summed E-state index contributed by atoms with van der Waals surface area (Å²) in [4.78, 5) is 4.07. The smallest absolute Gasteiger partial charge is 0.215 e. The molecule has 0 unspecified atom stereocenters. The molecule has 0 radical (unpaired) electrons. The van der Waals surface area contributed by atoms with E-state index in [1.807, 2.05) is 38.0 Å². The maximum atomic E-state index is 11.1. The van der Waals surface area contributed by atoms with E-state index < -0.39 is 10.1 Å². The lowest BCUT2D eigenvalue weighted by Crippen LogP contribution is -2.37. The molecule has 2 aromatic carbocycles. The molecule has 27 heavy (non-hydrogen) atoms. The summed E-state index contributed by atoms with van der Waals surface area (Å²) in [5.41, 5.74) is 4.17. The van der Waals surface area contributed by atoms with Crippen molar-refractivity contribution in [3.63, 3.8) is 0 Å². The highest BCUT2D eigenvalue weighted by Gasteiger charge is 2.17. The van der Waals surface area contributed by atoms with Crippen LogP contribution in [0.5, 0.6) is 0 Å². The van der Waals surface area contributed by atoms with Gasteiger partial charge in [0.15, 0.2) is 6.54 Å². The summed E-state index contributed by atoms with van der Waals surface area (Å²) < 4.78 is 35.3. The van der Waals surface area contributed by atoms with Crippen molar-refractivity contribution >= 4 is 43.3 Å². The minimum atomic E-state index is -4.22. The van der Waals surface area contributed by atoms with Crippen molar-refractivity contribution in [3.05, 3.63) is 42.5 Å². The molecule has 0 saturated carbocycles. The van der Waals surface area contributed by atoms with Crippen LogP contribution < -0.4 is 14.4 Å². The third-order valence-corrected chi connectivity index (χ3v) is 5.52. The number of rotatable bonds is 6. The molecular weight excluding hydrogens is 362 g/mol. The van der Waals surface area contributed by atoms with Crippen LogP contribution in [0.15, 0.2) is 42.5 Å². The Morgan fingerprint density at radius 2 is 1.33 bits per heavy atom. The summed E-state index contributed by atoms with van der Waals surface area (Å²) in [6.45, 7) is 0.461. The highest BCUT2D eigenvalue weighted by atomic mass is 32.2. The van der Waals surface area contributed by atoms with Gasteiger partial charge in [0.25, 0.3) is 0 Å². The normalized spacial score (nSPS) is 11.9. The zero-order valence-electron chi connectivity index (χ0n) is 16.1. The monoisotopic (exact) mass is 387 g/mol. The Kier molecular flexibility index (Phi) is 5.26. The lowest BCUT2D eigenvalue weighted by molar-refractivity contribution is -0.645. The lowest BCUT2D eigenvalue weighted by atomic mass is 10.1. The number of hydrogen-bond donors (Lipinski definition) is 0. The van der Waals surface area contributed by atoms with Crippen molar-refractivity contribution in [2.24, 2.45) is 0 Å². The van der Waals surface area contributed by atoms with Gasteiger partial charge >= 0.3 is 0 Å². The third-order valence-electron chi connectivity index (χ3n) is 4.73. The molecule has 3 rings (SSSR count). The van der Waals surface area contributed by atoms with Gasteiger partial charge < -0.3 is 14.4 Å². The molecule has 0 spiro atoms. The van der Waals surface area contributed by atoms with Crippen LogP contribution in [0, 0.1) is 0 Å². The molecule has 6 nitrogen and oxygen atoms in total. The third kappa shape index (κ3) is 4.31. The lowest BCUT2D eigenvalue weighted by Gasteiger charge is -2.15. The molecule has 0 bridgehead atoms. The molecule has 3 aromatic rings. The molecule has 7 heteroatoms. The number of fused-ring (bicyclic) bond motifs is 2. The van der Waals surface area contributed by atoms with E-state index in [0.29, 0.717) is 6.54 Å². The molecule has 0 N–H and O–H groups in total. The summed E-state index contributed by atoms with van der Waals surface area (Å²) >= 11 is 0. The number of aromatic nitrogens is 1. The van der Waals surface area contributed by atoms with Crippen molar-refractivity contribution in [1.29, 1.82) is 0 Å². The maximum Gasteiger partial charge on any atom is 0.215 e. The van der Waals surface area contributed by atoms with Crippen molar-refractivity contribution < 1.29 is 17.5 Å². The van der Waals surface area contributed by atoms with Gasteiger partial charge in [0.2, 0.25) is 11.0 Å². The first-order valence-corrected chi connectivity index (χ1v) is 10.4. The summed E-state index contributed by atoms with van der Waals surface area (Å²) in [5, 5.41) is 2.16. The van der Waals surface area contributed by atoms with Gasteiger partial charge in [-0.3, -0.25) is 0 Å². The van der Waals surface area contributed by atoms with Gasteiger partial charge in [-0.1, -0.05) is 0 Å². The molecule has 0 fully saturated rings. The highest BCUT2D eigenvalue weighted by Crippen LogP contribution is 2.25. The van der Waals surface area contributed by atoms with E-state index in [9.17, 15) is 13.0 Å². The number of pyridine rings is 1. The Bertz CT molecular complexity index is 1030. The van der Waals surface area contributed by atoms with Crippen molar-refractivity contribution in [2.75, 3.05) is 43.7 Å².